The van der Waals surface area contributed by atoms with Crippen molar-refractivity contribution in [2.45, 2.75) is 44.8 Å². The van der Waals surface area contributed by atoms with Gasteiger partial charge in [0.1, 0.15) is 0 Å². The van der Waals surface area contributed by atoms with Gasteiger partial charge >= 0.3 is 5.97 Å². The van der Waals surface area contributed by atoms with Crippen LogP contribution < -0.4 is 5.32 Å². The average Bonchev–Trinajstić information content (AvgIpc) is 2.71. The van der Waals surface area contributed by atoms with Crippen LogP contribution in [0.1, 0.15) is 55.3 Å². The molecule has 6 nitrogen and oxygen atoms in total. The molecule has 0 aromatic heterocycles. The molecule has 31 heavy (non-hydrogen) atoms. The highest BCUT2D eigenvalue weighted by molar-refractivity contribution is 8.00. The summed E-state index contributed by atoms with van der Waals surface area (Å²) in [6, 6.07) is 13.5. The second-order valence-electron chi connectivity index (χ2n) is 8.13. The average molecular weight is 442 g/mol. The Labute approximate surface area is 186 Å². The van der Waals surface area contributed by atoms with Crippen molar-refractivity contribution >= 4 is 40.9 Å². The molecule has 164 valence electrons. The Balaban J connectivity index is 2.06. The number of rotatable bonds is 8. The van der Waals surface area contributed by atoms with E-state index in [0.29, 0.717) is 21.7 Å². The third-order valence-corrected chi connectivity index (χ3v) is 5.67. The van der Waals surface area contributed by atoms with Crippen molar-refractivity contribution in [1.82, 2.24) is 0 Å². The van der Waals surface area contributed by atoms with Gasteiger partial charge in [-0.05, 0) is 38.1 Å². The fraction of sp³-hybridized carbons (Fsp3) is 0.333. The number of ether oxygens (including phenoxy) is 1. The minimum Gasteiger partial charge on any atom is -0.454 e. The number of nitrogens with one attached hydrogen (secondary N) is 1. The number of thioether (sulfide) groups is 1. The first-order chi connectivity index (χ1) is 14.5. The number of anilines is 1. The van der Waals surface area contributed by atoms with Crippen LogP contribution in [0.3, 0.4) is 0 Å². The summed E-state index contributed by atoms with van der Waals surface area (Å²) in [7, 11) is 0. The van der Waals surface area contributed by atoms with Crippen molar-refractivity contribution in [2.24, 2.45) is 5.41 Å². The predicted molar refractivity (Wildman–Crippen MR) is 122 cm³/mol. The number of ketones is 2. The normalized spacial score (nSPS) is 12.0. The number of hydrogen-bond acceptors (Lipinski definition) is 6. The number of esters is 1. The van der Waals surface area contributed by atoms with Gasteiger partial charge in [-0.15, -0.1) is 11.8 Å². The predicted octanol–water partition coefficient (Wildman–Crippen LogP) is 4.78. The Morgan fingerprint density at radius 2 is 1.71 bits per heavy atom. The zero-order chi connectivity index (χ0) is 23.2. The molecule has 0 fully saturated rings. The summed E-state index contributed by atoms with van der Waals surface area (Å²) in [5, 5.41) is 2.27. The molecule has 1 atom stereocenters. The lowest BCUT2D eigenvalue weighted by atomic mass is 9.91. The number of Topliss-reactive ketones (excluding diaryl/α,β-unsaturated/α-hetero) is 2. The Hall–Kier alpha value is -2.93. The van der Waals surface area contributed by atoms with E-state index in [1.807, 2.05) is 0 Å². The Bertz CT molecular complexity index is 993. The van der Waals surface area contributed by atoms with Gasteiger partial charge in [0.2, 0.25) is 5.91 Å². The van der Waals surface area contributed by atoms with Crippen molar-refractivity contribution in [1.29, 1.82) is 0 Å². The van der Waals surface area contributed by atoms with Gasteiger partial charge in [-0.2, -0.15) is 0 Å². The Kier molecular flexibility index (Phi) is 8.16. The molecule has 2 aromatic rings. The quantitative estimate of drug-likeness (QED) is 0.360. The first-order valence-electron chi connectivity index (χ1n) is 9.87. The lowest BCUT2D eigenvalue weighted by Crippen LogP contribution is -2.26. The van der Waals surface area contributed by atoms with Gasteiger partial charge in [0.15, 0.2) is 18.2 Å². The van der Waals surface area contributed by atoms with Crippen molar-refractivity contribution in [3.05, 3.63) is 59.7 Å². The highest BCUT2D eigenvalue weighted by Gasteiger charge is 2.24. The van der Waals surface area contributed by atoms with Crippen LogP contribution in [-0.4, -0.2) is 35.3 Å². The first kappa shape index (κ1) is 24.3. The Morgan fingerprint density at radius 1 is 1.03 bits per heavy atom. The third kappa shape index (κ3) is 7.07. The zero-order valence-corrected chi connectivity index (χ0v) is 19.2. The summed E-state index contributed by atoms with van der Waals surface area (Å²) in [6.07, 6.45) is 0. The summed E-state index contributed by atoms with van der Waals surface area (Å²) in [5.41, 5.74) is 0.739. The van der Waals surface area contributed by atoms with Crippen LogP contribution in [0.25, 0.3) is 0 Å². The molecule has 0 heterocycles. The maximum absolute atomic E-state index is 12.6. The lowest BCUT2D eigenvalue weighted by Gasteiger charge is -2.17. The van der Waals surface area contributed by atoms with Crippen molar-refractivity contribution < 1.29 is 23.9 Å². The molecular formula is C24H27NO5S. The fourth-order valence-electron chi connectivity index (χ4n) is 2.47. The standard InChI is InChI=1S/C24H27NO5S/c1-15(26)17-9-8-10-18(13-17)25-22(28)16(2)31-20-12-7-6-11-19(20)23(29)30-14-21(27)24(3,4)5/h6-13,16H,14H2,1-5H3,(H,25,28). The van der Waals surface area contributed by atoms with E-state index in [1.165, 1.54) is 18.7 Å². The molecule has 0 bridgehead atoms. The number of hydrogen-bond donors (Lipinski definition) is 1. The van der Waals surface area contributed by atoms with Gasteiger partial charge in [-0.3, -0.25) is 14.4 Å². The molecular weight excluding hydrogens is 414 g/mol. The van der Waals surface area contributed by atoms with Gasteiger partial charge in [-0.25, -0.2) is 4.79 Å². The lowest BCUT2D eigenvalue weighted by molar-refractivity contribution is -0.129. The molecule has 0 spiro atoms. The van der Waals surface area contributed by atoms with Crippen LogP contribution in [-0.2, 0) is 14.3 Å². The molecule has 2 rings (SSSR count). The summed E-state index contributed by atoms with van der Waals surface area (Å²) in [6.45, 7) is 8.17. The maximum atomic E-state index is 12.6. The molecule has 0 aliphatic heterocycles. The number of carbonyl (C=O) groups excluding carboxylic acids is 4. The fourth-order valence-corrected chi connectivity index (χ4v) is 3.45. The zero-order valence-electron chi connectivity index (χ0n) is 18.4. The molecule has 0 aliphatic carbocycles. The largest absolute Gasteiger partial charge is 0.454 e. The summed E-state index contributed by atoms with van der Waals surface area (Å²) in [5.74, 6) is -1.14. The van der Waals surface area contributed by atoms with Crippen LogP contribution in [0.4, 0.5) is 5.69 Å². The molecule has 7 heteroatoms. The van der Waals surface area contributed by atoms with Gasteiger partial charge < -0.3 is 10.1 Å². The van der Waals surface area contributed by atoms with Crippen LogP contribution in [0, 0.1) is 5.41 Å². The van der Waals surface area contributed by atoms with E-state index in [2.05, 4.69) is 5.32 Å². The smallest absolute Gasteiger partial charge is 0.339 e. The molecule has 1 N–H and O–H groups in total. The highest BCUT2D eigenvalue weighted by Crippen LogP contribution is 2.28. The number of amides is 1. The van der Waals surface area contributed by atoms with Gasteiger partial charge in [0.05, 0.1) is 10.8 Å². The number of benzene rings is 2. The minimum absolute atomic E-state index is 0.0871. The third-order valence-electron chi connectivity index (χ3n) is 4.49. The summed E-state index contributed by atoms with van der Waals surface area (Å²) >= 11 is 1.21. The van der Waals surface area contributed by atoms with E-state index in [9.17, 15) is 19.2 Å². The van der Waals surface area contributed by atoms with Crippen molar-refractivity contribution in [3.63, 3.8) is 0 Å². The van der Waals surface area contributed by atoms with E-state index in [1.54, 1.807) is 76.2 Å². The van der Waals surface area contributed by atoms with Gasteiger partial charge in [0.25, 0.3) is 0 Å². The SMILES string of the molecule is CC(=O)c1cccc(NC(=O)C(C)Sc2ccccc2C(=O)OCC(=O)C(C)(C)C)c1. The molecule has 0 radical (unpaired) electrons. The van der Waals surface area contributed by atoms with Crippen LogP contribution in [0.15, 0.2) is 53.4 Å². The van der Waals surface area contributed by atoms with Crippen molar-refractivity contribution in [3.8, 4) is 0 Å². The minimum atomic E-state index is -0.609. The van der Waals surface area contributed by atoms with Gasteiger partial charge in [-0.1, -0.05) is 45.0 Å². The second kappa shape index (κ2) is 10.4. The van der Waals surface area contributed by atoms with E-state index in [4.69, 9.17) is 4.74 Å². The van der Waals surface area contributed by atoms with E-state index in [-0.39, 0.29) is 24.1 Å². The highest BCUT2D eigenvalue weighted by atomic mass is 32.2. The van der Waals surface area contributed by atoms with Crippen LogP contribution >= 0.6 is 11.8 Å². The molecule has 2 aromatic carbocycles. The molecule has 0 saturated carbocycles. The first-order valence-corrected chi connectivity index (χ1v) is 10.7. The van der Waals surface area contributed by atoms with E-state index in [0.717, 1.165) is 0 Å². The summed E-state index contributed by atoms with van der Waals surface area (Å²) in [4.78, 5) is 49.3. The molecule has 0 aliphatic rings. The molecule has 0 saturated heterocycles. The topological polar surface area (TPSA) is 89.5 Å². The van der Waals surface area contributed by atoms with E-state index >= 15 is 0 Å². The van der Waals surface area contributed by atoms with Crippen molar-refractivity contribution in [2.75, 3.05) is 11.9 Å². The van der Waals surface area contributed by atoms with Gasteiger partial charge in [0, 0.05) is 21.6 Å². The Morgan fingerprint density at radius 3 is 2.35 bits per heavy atom. The van der Waals surface area contributed by atoms with E-state index < -0.39 is 16.6 Å². The second-order valence-corrected chi connectivity index (χ2v) is 9.51. The maximum Gasteiger partial charge on any atom is 0.339 e. The number of carbonyl (C=O) groups is 4. The monoisotopic (exact) mass is 441 g/mol. The molecule has 1 amide bonds. The molecule has 1 unspecified atom stereocenters. The van der Waals surface area contributed by atoms with Crippen LogP contribution in [0.5, 0.6) is 0 Å². The summed E-state index contributed by atoms with van der Waals surface area (Å²) < 4.78 is 5.20. The van der Waals surface area contributed by atoms with Crippen LogP contribution in [0.2, 0.25) is 0 Å².